The molecular weight excluding hydrogens is 326 g/mol. The van der Waals surface area contributed by atoms with Crippen molar-refractivity contribution in [1.29, 1.82) is 0 Å². The first-order valence-electron chi connectivity index (χ1n) is 5.83. The summed E-state index contributed by atoms with van der Waals surface area (Å²) in [6.07, 6.45) is 1.83. The average Bonchev–Trinajstić information content (AvgIpc) is 2.85. The van der Waals surface area contributed by atoms with Crippen LogP contribution in [-0.4, -0.2) is 10.2 Å². The van der Waals surface area contributed by atoms with E-state index in [1.165, 1.54) is 5.56 Å². The van der Waals surface area contributed by atoms with Crippen LogP contribution in [0.2, 0.25) is 5.02 Å². The van der Waals surface area contributed by atoms with Gasteiger partial charge in [-0.25, -0.2) is 0 Å². The number of nitrogens with zero attached hydrogens (tertiary/aromatic N) is 1. The van der Waals surface area contributed by atoms with Crippen LogP contribution in [-0.2, 0) is 6.54 Å². The number of rotatable bonds is 3. The van der Waals surface area contributed by atoms with Gasteiger partial charge in [0.1, 0.15) is 0 Å². The Bertz CT molecular complexity index is 706. The lowest BCUT2D eigenvalue weighted by molar-refractivity contribution is 1.12. The Balaban J connectivity index is 1.85. The van der Waals surface area contributed by atoms with Crippen molar-refractivity contribution in [3.8, 4) is 0 Å². The Morgan fingerprint density at radius 2 is 2.00 bits per heavy atom. The van der Waals surface area contributed by atoms with E-state index in [-0.39, 0.29) is 0 Å². The maximum absolute atomic E-state index is 5.87. The molecule has 19 heavy (non-hydrogen) atoms. The fraction of sp³-hybridized carbons (Fsp3) is 0.0714. The van der Waals surface area contributed by atoms with Crippen LogP contribution in [0.3, 0.4) is 0 Å². The Kier molecular flexibility index (Phi) is 3.44. The van der Waals surface area contributed by atoms with Crippen LogP contribution in [0.4, 0.5) is 5.69 Å². The quantitative estimate of drug-likeness (QED) is 0.734. The highest BCUT2D eigenvalue weighted by molar-refractivity contribution is 9.10. The molecule has 0 saturated heterocycles. The Morgan fingerprint density at radius 3 is 2.79 bits per heavy atom. The van der Waals surface area contributed by atoms with Gasteiger partial charge in [-0.05, 0) is 29.8 Å². The first-order valence-corrected chi connectivity index (χ1v) is 7.00. The summed E-state index contributed by atoms with van der Waals surface area (Å²) in [6, 6.07) is 11.9. The van der Waals surface area contributed by atoms with Crippen LogP contribution in [0.1, 0.15) is 5.56 Å². The molecule has 0 aliphatic rings. The van der Waals surface area contributed by atoms with Crippen molar-refractivity contribution in [3.05, 3.63) is 57.7 Å². The molecule has 3 rings (SSSR count). The number of hydrogen-bond donors (Lipinski definition) is 2. The molecule has 1 heterocycles. The Labute approximate surface area is 124 Å². The van der Waals surface area contributed by atoms with Crippen molar-refractivity contribution in [1.82, 2.24) is 10.2 Å². The van der Waals surface area contributed by atoms with Gasteiger partial charge in [0.2, 0.25) is 0 Å². The first-order chi connectivity index (χ1) is 9.22. The van der Waals surface area contributed by atoms with E-state index in [9.17, 15) is 0 Å². The summed E-state index contributed by atoms with van der Waals surface area (Å²) < 4.78 is 1.02. The molecule has 0 bridgehead atoms. The molecule has 96 valence electrons. The zero-order chi connectivity index (χ0) is 13.2. The van der Waals surface area contributed by atoms with Gasteiger partial charge in [-0.3, -0.25) is 5.10 Å². The van der Waals surface area contributed by atoms with Crippen molar-refractivity contribution in [2.45, 2.75) is 6.54 Å². The molecule has 0 spiro atoms. The SMILES string of the molecule is Clc1ccc(CNc2cc(Br)cc3[nH]ncc23)cc1. The minimum Gasteiger partial charge on any atom is -0.380 e. The van der Waals surface area contributed by atoms with E-state index in [1.807, 2.05) is 42.6 Å². The number of halogens is 2. The normalized spacial score (nSPS) is 10.8. The average molecular weight is 337 g/mol. The minimum atomic E-state index is 0.744. The third-order valence-electron chi connectivity index (χ3n) is 2.92. The predicted octanol–water partition coefficient (Wildman–Crippen LogP) is 4.59. The molecular formula is C14H11BrClN3. The second kappa shape index (κ2) is 5.23. The van der Waals surface area contributed by atoms with Gasteiger partial charge in [0.25, 0.3) is 0 Å². The van der Waals surface area contributed by atoms with Gasteiger partial charge in [0.15, 0.2) is 0 Å². The van der Waals surface area contributed by atoms with Gasteiger partial charge in [-0.15, -0.1) is 0 Å². The predicted molar refractivity (Wildman–Crippen MR) is 82.6 cm³/mol. The number of aromatic amines is 1. The number of aromatic nitrogens is 2. The molecule has 0 aliphatic carbocycles. The largest absolute Gasteiger partial charge is 0.380 e. The van der Waals surface area contributed by atoms with Gasteiger partial charge >= 0.3 is 0 Å². The van der Waals surface area contributed by atoms with E-state index in [0.717, 1.165) is 32.6 Å². The summed E-state index contributed by atoms with van der Waals surface area (Å²) in [5, 5.41) is 12.3. The summed E-state index contributed by atoms with van der Waals surface area (Å²) in [4.78, 5) is 0. The van der Waals surface area contributed by atoms with Crippen LogP contribution >= 0.6 is 27.5 Å². The van der Waals surface area contributed by atoms with E-state index in [4.69, 9.17) is 11.6 Å². The van der Waals surface area contributed by atoms with Crippen molar-refractivity contribution in [2.75, 3.05) is 5.32 Å². The minimum absolute atomic E-state index is 0.744. The molecule has 0 radical (unpaired) electrons. The number of anilines is 1. The number of nitrogens with one attached hydrogen (secondary N) is 2. The fourth-order valence-corrected chi connectivity index (χ4v) is 2.55. The molecule has 0 unspecified atom stereocenters. The molecule has 2 N–H and O–H groups in total. The first kappa shape index (κ1) is 12.5. The number of fused-ring (bicyclic) bond motifs is 1. The zero-order valence-corrected chi connectivity index (χ0v) is 12.3. The standard InChI is InChI=1S/C14H11BrClN3/c15-10-5-13(12-8-18-19-14(12)6-10)17-7-9-1-3-11(16)4-2-9/h1-6,8,17H,7H2,(H,18,19). The van der Waals surface area contributed by atoms with E-state index in [1.54, 1.807) is 0 Å². The van der Waals surface area contributed by atoms with Crippen LogP contribution in [0.5, 0.6) is 0 Å². The highest BCUT2D eigenvalue weighted by Gasteiger charge is 2.04. The van der Waals surface area contributed by atoms with Crippen LogP contribution in [0.25, 0.3) is 10.9 Å². The molecule has 0 fully saturated rings. The Morgan fingerprint density at radius 1 is 1.21 bits per heavy atom. The lowest BCUT2D eigenvalue weighted by Gasteiger charge is -2.08. The van der Waals surface area contributed by atoms with E-state index < -0.39 is 0 Å². The third kappa shape index (κ3) is 2.74. The van der Waals surface area contributed by atoms with Crippen LogP contribution in [0.15, 0.2) is 47.1 Å². The lowest BCUT2D eigenvalue weighted by atomic mass is 10.2. The summed E-state index contributed by atoms with van der Waals surface area (Å²) in [5.41, 5.74) is 3.24. The molecule has 2 aromatic carbocycles. The summed E-state index contributed by atoms with van der Waals surface area (Å²) in [5.74, 6) is 0. The molecule has 0 aliphatic heterocycles. The van der Waals surface area contributed by atoms with Gasteiger partial charge in [-0.2, -0.15) is 5.10 Å². The highest BCUT2D eigenvalue weighted by Crippen LogP contribution is 2.27. The van der Waals surface area contributed by atoms with Gasteiger partial charge in [0, 0.05) is 27.1 Å². The number of hydrogen-bond acceptors (Lipinski definition) is 2. The van der Waals surface area contributed by atoms with Crippen molar-refractivity contribution in [3.63, 3.8) is 0 Å². The highest BCUT2D eigenvalue weighted by atomic mass is 79.9. The second-order valence-electron chi connectivity index (χ2n) is 4.26. The summed E-state index contributed by atoms with van der Waals surface area (Å²) in [7, 11) is 0. The van der Waals surface area contributed by atoms with E-state index in [2.05, 4.69) is 31.4 Å². The van der Waals surface area contributed by atoms with Crippen LogP contribution in [0, 0.1) is 0 Å². The molecule has 3 nitrogen and oxygen atoms in total. The maximum atomic E-state index is 5.87. The van der Waals surface area contributed by atoms with Crippen molar-refractivity contribution >= 4 is 44.1 Å². The molecule has 0 atom stereocenters. The topological polar surface area (TPSA) is 40.7 Å². The monoisotopic (exact) mass is 335 g/mol. The summed E-state index contributed by atoms with van der Waals surface area (Å²) in [6.45, 7) is 0.744. The summed E-state index contributed by atoms with van der Waals surface area (Å²) >= 11 is 9.37. The Hall–Kier alpha value is -1.52. The smallest absolute Gasteiger partial charge is 0.0682 e. The third-order valence-corrected chi connectivity index (χ3v) is 3.63. The molecule has 5 heteroatoms. The zero-order valence-electron chi connectivity index (χ0n) is 9.95. The second-order valence-corrected chi connectivity index (χ2v) is 5.62. The number of benzene rings is 2. The van der Waals surface area contributed by atoms with E-state index >= 15 is 0 Å². The lowest BCUT2D eigenvalue weighted by Crippen LogP contribution is -1.99. The molecule has 1 aromatic heterocycles. The van der Waals surface area contributed by atoms with Gasteiger partial charge < -0.3 is 5.32 Å². The fourth-order valence-electron chi connectivity index (χ4n) is 1.96. The van der Waals surface area contributed by atoms with Gasteiger partial charge in [-0.1, -0.05) is 39.7 Å². The van der Waals surface area contributed by atoms with Crippen molar-refractivity contribution in [2.24, 2.45) is 0 Å². The van der Waals surface area contributed by atoms with E-state index in [0.29, 0.717) is 0 Å². The van der Waals surface area contributed by atoms with Gasteiger partial charge in [0.05, 0.1) is 11.7 Å². The molecule has 0 saturated carbocycles. The van der Waals surface area contributed by atoms with Crippen LogP contribution < -0.4 is 5.32 Å². The van der Waals surface area contributed by atoms with Crippen molar-refractivity contribution < 1.29 is 0 Å². The molecule has 0 amide bonds. The number of H-pyrrole nitrogens is 1. The molecule has 3 aromatic rings. The maximum Gasteiger partial charge on any atom is 0.0682 e.